The second-order valence-electron chi connectivity index (χ2n) is 4.20. The monoisotopic (exact) mass is 273 g/mol. The van der Waals surface area contributed by atoms with Crippen LogP contribution in [0.2, 0.25) is 0 Å². The van der Waals surface area contributed by atoms with Gasteiger partial charge in [0.25, 0.3) is 0 Å². The molecule has 0 fully saturated rings. The highest BCUT2D eigenvalue weighted by Crippen LogP contribution is 2.31. The van der Waals surface area contributed by atoms with Crippen molar-refractivity contribution in [3.05, 3.63) is 71.9 Å². The fourth-order valence-corrected chi connectivity index (χ4v) is 2.02. The lowest BCUT2D eigenvalue weighted by Crippen LogP contribution is -2.18. The first-order chi connectivity index (χ1) is 9.13. The molecule has 1 aromatic carbocycles. The lowest BCUT2D eigenvalue weighted by atomic mass is 10.1. The summed E-state index contributed by atoms with van der Waals surface area (Å²) in [4.78, 5) is 1.97. The number of hydrogen-bond acceptors (Lipinski definition) is 2. The molecule has 0 spiro atoms. The first-order valence-corrected chi connectivity index (χ1v) is 6.36. The molecule has 0 aliphatic carbocycles. The standard InChI is InChI=1S/C16H16ClNO/c1-4-11-19-14-7-5-13(6-8-14)16-10-9-15(17)12(2)18(16)3/h4-10H,1-2,11H2,3H3. The minimum absolute atomic E-state index is 0.511. The van der Waals surface area contributed by atoms with Gasteiger partial charge in [-0.15, -0.1) is 0 Å². The molecule has 2 nitrogen and oxygen atoms in total. The second-order valence-corrected chi connectivity index (χ2v) is 4.60. The highest BCUT2D eigenvalue weighted by Gasteiger charge is 2.16. The van der Waals surface area contributed by atoms with Gasteiger partial charge in [0.05, 0.1) is 10.7 Å². The van der Waals surface area contributed by atoms with Gasteiger partial charge in [0.1, 0.15) is 12.4 Å². The average Bonchev–Trinajstić information content (AvgIpc) is 2.44. The van der Waals surface area contributed by atoms with Crippen LogP contribution in [0.1, 0.15) is 5.56 Å². The van der Waals surface area contributed by atoms with Crippen LogP contribution in [0.15, 0.2) is 66.4 Å². The Balaban J connectivity index is 2.23. The third kappa shape index (κ3) is 2.91. The van der Waals surface area contributed by atoms with Crippen molar-refractivity contribution in [3.63, 3.8) is 0 Å². The summed E-state index contributed by atoms with van der Waals surface area (Å²) in [6, 6.07) is 7.91. The van der Waals surface area contributed by atoms with E-state index in [1.807, 2.05) is 48.4 Å². The molecule has 0 N–H and O–H groups in total. The zero-order valence-corrected chi connectivity index (χ0v) is 11.7. The molecule has 19 heavy (non-hydrogen) atoms. The van der Waals surface area contributed by atoms with E-state index in [1.165, 1.54) is 0 Å². The van der Waals surface area contributed by atoms with Crippen LogP contribution in [0.5, 0.6) is 5.75 Å². The van der Waals surface area contributed by atoms with Crippen molar-refractivity contribution in [1.29, 1.82) is 0 Å². The van der Waals surface area contributed by atoms with Crippen LogP contribution < -0.4 is 4.74 Å². The van der Waals surface area contributed by atoms with Crippen LogP contribution in [0.3, 0.4) is 0 Å². The predicted molar refractivity (Wildman–Crippen MR) is 81.0 cm³/mol. The van der Waals surface area contributed by atoms with Gasteiger partial charge in [0.15, 0.2) is 0 Å². The van der Waals surface area contributed by atoms with Crippen molar-refractivity contribution < 1.29 is 4.74 Å². The normalized spacial score (nSPS) is 14.8. The third-order valence-electron chi connectivity index (χ3n) is 2.95. The molecule has 98 valence electrons. The van der Waals surface area contributed by atoms with Gasteiger partial charge in [-0.3, -0.25) is 0 Å². The lowest BCUT2D eigenvalue weighted by molar-refractivity contribution is 0.363. The van der Waals surface area contributed by atoms with Crippen LogP contribution in [0.25, 0.3) is 5.70 Å². The van der Waals surface area contributed by atoms with Gasteiger partial charge in [0.2, 0.25) is 0 Å². The summed E-state index contributed by atoms with van der Waals surface area (Å²) in [6.07, 6.45) is 5.57. The van der Waals surface area contributed by atoms with E-state index in [4.69, 9.17) is 16.3 Å². The van der Waals surface area contributed by atoms with Gasteiger partial charge in [-0.05, 0) is 42.0 Å². The average molecular weight is 274 g/mol. The summed E-state index contributed by atoms with van der Waals surface area (Å²) in [5.41, 5.74) is 2.95. The van der Waals surface area contributed by atoms with Crippen LogP contribution in [-0.2, 0) is 0 Å². The van der Waals surface area contributed by atoms with Gasteiger partial charge < -0.3 is 9.64 Å². The zero-order chi connectivity index (χ0) is 13.8. The fraction of sp³-hybridized carbons (Fsp3) is 0.125. The maximum absolute atomic E-state index is 6.04. The van der Waals surface area contributed by atoms with Gasteiger partial charge in [0, 0.05) is 12.7 Å². The summed E-state index contributed by atoms with van der Waals surface area (Å²) < 4.78 is 5.46. The molecule has 0 bridgehead atoms. The van der Waals surface area contributed by atoms with Crippen LogP contribution in [0.4, 0.5) is 0 Å². The first-order valence-electron chi connectivity index (χ1n) is 5.98. The fourth-order valence-electron chi connectivity index (χ4n) is 1.83. The van der Waals surface area contributed by atoms with E-state index >= 15 is 0 Å². The Bertz CT molecular complexity index is 555. The molecule has 0 unspecified atom stereocenters. The molecule has 2 rings (SSSR count). The number of halogens is 1. The number of ether oxygens (including phenoxy) is 1. The number of hydrogen-bond donors (Lipinski definition) is 0. The maximum atomic E-state index is 6.04. The number of nitrogens with zero attached hydrogens (tertiary/aromatic N) is 1. The van der Waals surface area contributed by atoms with Crippen LogP contribution in [-0.4, -0.2) is 18.6 Å². The summed E-state index contributed by atoms with van der Waals surface area (Å²) >= 11 is 6.04. The highest BCUT2D eigenvalue weighted by molar-refractivity contribution is 6.32. The van der Waals surface area contributed by atoms with Crippen molar-refractivity contribution in [2.75, 3.05) is 13.7 Å². The number of allylic oxidation sites excluding steroid dienone is 3. The van der Waals surface area contributed by atoms with Crippen LogP contribution >= 0.6 is 11.6 Å². The molecule has 0 radical (unpaired) electrons. The van der Waals surface area contributed by atoms with E-state index in [9.17, 15) is 0 Å². The van der Waals surface area contributed by atoms with Gasteiger partial charge in [-0.1, -0.05) is 30.8 Å². The van der Waals surface area contributed by atoms with Gasteiger partial charge >= 0.3 is 0 Å². The van der Waals surface area contributed by atoms with E-state index in [2.05, 4.69) is 13.2 Å². The molecule has 1 aliphatic rings. The van der Waals surface area contributed by atoms with Crippen molar-refractivity contribution in [2.24, 2.45) is 0 Å². The smallest absolute Gasteiger partial charge is 0.119 e. The van der Waals surface area contributed by atoms with E-state index < -0.39 is 0 Å². The van der Waals surface area contributed by atoms with Crippen molar-refractivity contribution >= 4 is 17.3 Å². The molecular weight excluding hydrogens is 258 g/mol. The van der Waals surface area contributed by atoms with E-state index in [0.717, 1.165) is 22.7 Å². The molecular formula is C16H16ClNO. The van der Waals surface area contributed by atoms with E-state index in [-0.39, 0.29) is 0 Å². The Morgan fingerprint density at radius 1 is 1.26 bits per heavy atom. The number of benzene rings is 1. The van der Waals surface area contributed by atoms with Gasteiger partial charge in [-0.2, -0.15) is 0 Å². The maximum Gasteiger partial charge on any atom is 0.119 e. The Morgan fingerprint density at radius 2 is 1.95 bits per heavy atom. The summed E-state index contributed by atoms with van der Waals surface area (Å²) in [6.45, 7) is 8.09. The molecule has 1 heterocycles. The van der Waals surface area contributed by atoms with Crippen LogP contribution in [0, 0.1) is 0 Å². The SMILES string of the molecule is C=CCOc1ccc(C2=CC=C(Cl)C(=C)N2C)cc1. The molecule has 3 heteroatoms. The van der Waals surface area contributed by atoms with Gasteiger partial charge in [-0.25, -0.2) is 0 Å². The minimum atomic E-state index is 0.511. The summed E-state index contributed by atoms with van der Waals surface area (Å²) in [5, 5.41) is 0.664. The predicted octanol–water partition coefficient (Wildman–Crippen LogP) is 4.17. The van der Waals surface area contributed by atoms with E-state index in [1.54, 1.807) is 6.08 Å². The Kier molecular flexibility index (Phi) is 4.13. The largest absolute Gasteiger partial charge is 0.490 e. The third-order valence-corrected chi connectivity index (χ3v) is 3.29. The summed E-state index contributed by atoms with van der Waals surface area (Å²) in [5.74, 6) is 0.829. The Labute approximate surface area is 118 Å². The summed E-state index contributed by atoms with van der Waals surface area (Å²) in [7, 11) is 1.95. The quantitative estimate of drug-likeness (QED) is 0.763. The number of likely N-dealkylation sites (N-methyl/N-ethyl adjacent to an activating group) is 1. The topological polar surface area (TPSA) is 12.5 Å². The lowest BCUT2D eigenvalue weighted by Gasteiger charge is -2.27. The molecule has 0 saturated heterocycles. The first kappa shape index (κ1) is 13.5. The molecule has 1 aromatic rings. The molecule has 0 saturated carbocycles. The molecule has 0 amide bonds. The van der Waals surface area contributed by atoms with Crippen molar-refractivity contribution in [2.45, 2.75) is 0 Å². The highest BCUT2D eigenvalue weighted by atomic mass is 35.5. The second kappa shape index (κ2) is 5.81. The molecule has 0 aromatic heterocycles. The zero-order valence-electron chi connectivity index (χ0n) is 10.9. The molecule has 0 atom stereocenters. The molecule has 1 aliphatic heterocycles. The van der Waals surface area contributed by atoms with E-state index in [0.29, 0.717) is 11.6 Å². The minimum Gasteiger partial charge on any atom is -0.490 e. The van der Waals surface area contributed by atoms with Crippen molar-refractivity contribution in [1.82, 2.24) is 4.90 Å². The van der Waals surface area contributed by atoms with Crippen molar-refractivity contribution in [3.8, 4) is 5.75 Å². The number of rotatable bonds is 4. The Morgan fingerprint density at radius 3 is 2.58 bits per heavy atom. The Hall–Kier alpha value is -1.93.